The molecule has 2 aromatic heterocycles. The number of pyridine rings is 1. The molecular formula is C23H26N4O5. The Balaban J connectivity index is 1.57. The number of benzene rings is 1. The molecule has 168 valence electrons. The van der Waals surface area contributed by atoms with Gasteiger partial charge in [0, 0.05) is 20.3 Å². The molecule has 1 aliphatic rings. The Morgan fingerprint density at radius 2 is 2.03 bits per heavy atom. The number of ether oxygens (including phenoxy) is 3. The lowest BCUT2D eigenvalue weighted by Crippen LogP contribution is -2.36. The number of carbonyl (C=O) groups is 2. The van der Waals surface area contributed by atoms with Crippen molar-refractivity contribution in [1.29, 1.82) is 0 Å². The lowest BCUT2D eigenvalue weighted by Gasteiger charge is -2.26. The topological polar surface area (TPSA) is 85.6 Å². The van der Waals surface area contributed by atoms with Crippen LogP contribution in [0.4, 0.5) is 5.82 Å². The molecule has 1 unspecified atom stereocenters. The second kappa shape index (κ2) is 9.17. The number of nitrogens with zero attached hydrogens (tertiary/aromatic N) is 4. The van der Waals surface area contributed by atoms with Gasteiger partial charge in [-0.15, -0.1) is 0 Å². The molecule has 1 atom stereocenters. The number of hydrogen-bond donors (Lipinski definition) is 0. The van der Waals surface area contributed by atoms with E-state index in [0.29, 0.717) is 48.1 Å². The molecule has 9 nitrogen and oxygen atoms in total. The van der Waals surface area contributed by atoms with Gasteiger partial charge in [-0.2, -0.15) is 0 Å². The summed E-state index contributed by atoms with van der Waals surface area (Å²) in [6.45, 7) is 2.53. The first-order valence-electron chi connectivity index (χ1n) is 10.4. The van der Waals surface area contributed by atoms with Crippen molar-refractivity contribution >= 4 is 23.8 Å². The Hall–Kier alpha value is -3.75. The van der Waals surface area contributed by atoms with Crippen LogP contribution in [0.2, 0.25) is 0 Å². The predicted octanol–water partition coefficient (Wildman–Crippen LogP) is 2.17. The molecule has 0 radical (unpaired) electrons. The van der Waals surface area contributed by atoms with E-state index in [1.54, 1.807) is 24.7 Å². The summed E-state index contributed by atoms with van der Waals surface area (Å²) in [5.41, 5.74) is 1.27. The number of aromatic nitrogens is 2. The van der Waals surface area contributed by atoms with Gasteiger partial charge >= 0.3 is 0 Å². The quantitative estimate of drug-likeness (QED) is 0.501. The zero-order chi connectivity index (χ0) is 22.7. The fourth-order valence-corrected chi connectivity index (χ4v) is 3.51. The summed E-state index contributed by atoms with van der Waals surface area (Å²) in [4.78, 5) is 31.6. The number of rotatable bonds is 8. The van der Waals surface area contributed by atoms with Gasteiger partial charge in [0.2, 0.25) is 12.3 Å². The Morgan fingerprint density at radius 3 is 2.75 bits per heavy atom. The van der Waals surface area contributed by atoms with Crippen molar-refractivity contribution in [2.45, 2.75) is 19.4 Å². The third kappa shape index (κ3) is 4.18. The SMILES string of the molecule is CCc1nc2c(OCC3COc4ccccc4O3)cccn2c1N(C=O)CC(=O)N(C)C. The number of likely N-dealkylation sites (N-methyl/N-ethyl adjacent to an activating group) is 1. The summed E-state index contributed by atoms with van der Waals surface area (Å²) in [6, 6.07) is 11.2. The van der Waals surface area contributed by atoms with Crippen LogP contribution in [0.3, 0.4) is 0 Å². The van der Waals surface area contributed by atoms with Crippen LogP contribution in [0.5, 0.6) is 17.2 Å². The van der Waals surface area contributed by atoms with Crippen molar-refractivity contribution < 1.29 is 23.8 Å². The third-order valence-electron chi connectivity index (χ3n) is 5.19. The molecule has 0 saturated heterocycles. The third-order valence-corrected chi connectivity index (χ3v) is 5.19. The minimum absolute atomic E-state index is 0.0744. The fraction of sp³-hybridized carbons (Fsp3) is 0.348. The summed E-state index contributed by atoms with van der Waals surface area (Å²) in [5.74, 6) is 2.34. The van der Waals surface area contributed by atoms with Crippen molar-refractivity contribution in [3.63, 3.8) is 0 Å². The average molecular weight is 438 g/mol. The predicted molar refractivity (Wildman–Crippen MR) is 119 cm³/mol. The number of imidazole rings is 1. The number of carbonyl (C=O) groups excluding carboxylic acids is 2. The van der Waals surface area contributed by atoms with Crippen molar-refractivity contribution in [1.82, 2.24) is 14.3 Å². The van der Waals surface area contributed by atoms with Crippen LogP contribution < -0.4 is 19.1 Å². The van der Waals surface area contributed by atoms with E-state index in [9.17, 15) is 9.59 Å². The molecular weight excluding hydrogens is 412 g/mol. The van der Waals surface area contributed by atoms with Crippen LogP contribution in [0.1, 0.15) is 12.6 Å². The van der Waals surface area contributed by atoms with Crippen LogP contribution >= 0.6 is 0 Å². The smallest absolute Gasteiger partial charge is 0.242 e. The van der Waals surface area contributed by atoms with E-state index < -0.39 is 0 Å². The van der Waals surface area contributed by atoms with Crippen LogP contribution in [-0.4, -0.2) is 66.6 Å². The summed E-state index contributed by atoms with van der Waals surface area (Å²) >= 11 is 0. The number of anilines is 1. The number of hydrogen-bond acceptors (Lipinski definition) is 6. The molecule has 0 bridgehead atoms. The van der Waals surface area contributed by atoms with Gasteiger partial charge in [-0.3, -0.25) is 18.9 Å². The normalized spacial score (nSPS) is 14.8. The van der Waals surface area contributed by atoms with E-state index >= 15 is 0 Å². The van der Waals surface area contributed by atoms with Crippen LogP contribution in [0.15, 0.2) is 42.6 Å². The highest BCUT2D eigenvalue weighted by molar-refractivity contribution is 5.89. The molecule has 0 N–H and O–H groups in total. The van der Waals surface area contributed by atoms with E-state index in [4.69, 9.17) is 19.2 Å². The molecule has 3 aromatic rings. The van der Waals surface area contributed by atoms with Crippen LogP contribution in [0.25, 0.3) is 5.65 Å². The van der Waals surface area contributed by atoms with Crippen molar-refractivity contribution in [2.75, 3.05) is 38.8 Å². The first-order chi connectivity index (χ1) is 15.5. The Labute approximate surface area is 186 Å². The van der Waals surface area contributed by atoms with Gasteiger partial charge in [0.15, 0.2) is 29.0 Å². The standard InChI is InChI=1S/C23H26N4O5/c1-4-17-23(26(15-28)12-21(29)25(2)3)27-11-7-10-20(22(27)24-17)31-14-16-13-30-18-8-5-6-9-19(18)32-16/h5-11,15-16H,4,12-14H2,1-3H3. The number of para-hydroxylation sites is 2. The van der Waals surface area contributed by atoms with E-state index in [2.05, 4.69) is 0 Å². The van der Waals surface area contributed by atoms with Gasteiger partial charge in [-0.05, 0) is 30.7 Å². The van der Waals surface area contributed by atoms with Crippen LogP contribution in [-0.2, 0) is 16.0 Å². The zero-order valence-corrected chi connectivity index (χ0v) is 18.4. The maximum absolute atomic E-state index is 12.2. The van der Waals surface area contributed by atoms with Crippen molar-refractivity contribution in [2.24, 2.45) is 0 Å². The van der Waals surface area contributed by atoms with Crippen molar-refractivity contribution in [3.05, 3.63) is 48.3 Å². The first kappa shape index (κ1) is 21.5. The maximum atomic E-state index is 12.2. The number of fused-ring (bicyclic) bond motifs is 2. The number of aryl methyl sites for hydroxylation is 1. The molecule has 1 aliphatic heterocycles. The Bertz CT molecular complexity index is 1130. The second-order valence-electron chi connectivity index (χ2n) is 7.63. The van der Waals surface area contributed by atoms with Gasteiger partial charge in [-0.25, -0.2) is 4.98 Å². The van der Waals surface area contributed by atoms with Gasteiger partial charge in [0.25, 0.3) is 0 Å². The molecule has 9 heteroatoms. The van der Waals surface area contributed by atoms with E-state index in [0.717, 1.165) is 5.75 Å². The summed E-state index contributed by atoms with van der Waals surface area (Å²) in [7, 11) is 3.31. The molecule has 0 spiro atoms. The molecule has 4 rings (SSSR count). The van der Waals surface area contributed by atoms with Gasteiger partial charge in [0.05, 0.1) is 5.69 Å². The highest BCUT2D eigenvalue weighted by Gasteiger charge is 2.24. The Morgan fingerprint density at radius 1 is 1.25 bits per heavy atom. The summed E-state index contributed by atoms with van der Waals surface area (Å²) in [5, 5.41) is 0. The molecule has 0 aliphatic carbocycles. The zero-order valence-electron chi connectivity index (χ0n) is 18.4. The minimum Gasteiger partial charge on any atom is -0.486 e. The van der Waals surface area contributed by atoms with Crippen LogP contribution in [0, 0.1) is 0 Å². The number of amides is 2. The molecule has 1 aromatic carbocycles. The highest BCUT2D eigenvalue weighted by Crippen LogP contribution is 2.32. The first-order valence-corrected chi connectivity index (χ1v) is 10.4. The maximum Gasteiger partial charge on any atom is 0.242 e. The summed E-state index contributed by atoms with van der Waals surface area (Å²) in [6.07, 6.45) is 2.78. The van der Waals surface area contributed by atoms with E-state index in [-0.39, 0.29) is 25.2 Å². The van der Waals surface area contributed by atoms with Gasteiger partial charge in [0.1, 0.15) is 25.6 Å². The molecule has 0 fully saturated rings. The van der Waals surface area contributed by atoms with Gasteiger partial charge in [-0.1, -0.05) is 19.1 Å². The molecule has 2 amide bonds. The van der Waals surface area contributed by atoms with E-state index in [1.807, 2.05) is 43.3 Å². The lowest BCUT2D eigenvalue weighted by molar-refractivity contribution is -0.128. The minimum atomic E-state index is -0.269. The van der Waals surface area contributed by atoms with Crippen molar-refractivity contribution in [3.8, 4) is 17.2 Å². The molecule has 3 heterocycles. The monoisotopic (exact) mass is 438 g/mol. The molecule has 0 saturated carbocycles. The summed E-state index contributed by atoms with van der Waals surface area (Å²) < 4.78 is 19.5. The lowest BCUT2D eigenvalue weighted by atomic mass is 10.2. The second-order valence-corrected chi connectivity index (χ2v) is 7.63. The Kier molecular flexibility index (Phi) is 6.16. The highest BCUT2D eigenvalue weighted by atomic mass is 16.6. The largest absolute Gasteiger partial charge is 0.486 e. The fourth-order valence-electron chi connectivity index (χ4n) is 3.51. The average Bonchev–Trinajstić information content (AvgIpc) is 3.20. The van der Waals surface area contributed by atoms with Gasteiger partial charge < -0.3 is 19.1 Å². The van der Waals surface area contributed by atoms with E-state index in [1.165, 1.54) is 9.80 Å². The molecule has 32 heavy (non-hydrogen) atoms.